The Hall–Kier alpha value is -1.61. The summed E-state index contributed by atoms with van der Waals surface area (Å²) >= 11 is 16.7. The number of nitrogens with zero attached hydrogens (tertiary/aromatic N) is 3. The van der Waals surface area contributed by atoms with Crippen molar-refractivity contribution in [2.24, 2.45) is 0 Å². The van der Waals surface area contributed by atoms with Crippen molar-refractivity contribution in [3.63, 3.8) is 0 Å². The largest absolute Gasteiger partial charge is 0.573 e. The number of alkyl halides is 6. The van der Waals surface area contributed by atoms with Crippen LogP contribution in [0.25, 0.3) is 5.69 Å². The van der Waals surface area contributed by atoms with E-state index < -0.39 is 27.4 Å². The standard InChI is InChI=1S/C14H7Cl3F5N3O2S/c1-2-26-12-11(28-13(17,18)19)9(5-23)24-25(12)10-7(15)3-6(4-8(10)16)27-14(20,21)22/h3-4H,2H2,1H3. The zero-order valence-corrected chi connectivity index (χ0v) is 16.5. The fourth-order valence-electron chi connectivity index (χ4n) is 2.02. The van der Waals surface area contributed by atoms with Crippen molar-refractivity contribution in [3.05, 3.63) is 27.9 Å². The van der Waals surface area contributed by atoms with E-state index in [0.717, 1.165) is 16.8 Å². The normalized spacial score (nSPS) is 12.0. The molecule has 0 N–H and O–H groups in total. The third kappa shape index (κ3) is 5.47. The zero-order chi connectivity index (χ0) is 21.3. The molecule has 0 aliphatic rings. The van der Waals surface area contributed by atoms with Crippen LogP contribution in [0.2, 0.25) is 10.0 Å². The first-order valence-corrected chi connectivity index (χ1v) is 8.98. The monoisotopic (exact) mass is 481 g/mol. The molecule has 2 rings (SSSR count). The Morgan fingerprint density at radius 1 is 1.21 bits per heavy atom. The second-order valence-corrected chi connectivity index (χ2v) is 7.41. The number of benzene rings is 1. The summed E-state index contributed by atoms with van der Waals surface area (Å²) < 4.78 is 69.8. The van der Waals surface area contributed by atoms with E-state index in [1.807, 2.05) is 0 Å². The Morgan fingerprint density at radius 3 is 2.21 bits per heavy atom. The molecular weight excluding hydrogens is 476 g/mol. The Labute approximate surface area is 173 Å². The number of hydrogen-bond acceptors (Lipinski definition) is 5. The van der Waals surface area contributed by atoms with E-state index in [2.05, 4.69) is 9.84 Å². The molecule has 0 amide bonds. The zero-order valence-electron chi connectivity index (χ0n) is 13.5. The highest BCUT2D eigenvalue weighted by atomic mass is 35.5. The molecule has 0 atom stereocenters. The maximum absolute atomic E-state index is 13.3. The molecule has 1 aromatic carbocycles. The van der Waals surface area contributed by atoms with Crippen LogP contribution in [0, 0.1) is 11.3 Å². The fourth-order valence-corrected chi connectivity index (χ4v) is 3.53. The van der Waals surface area contributed by atoms with Crippen molar-refractivity contribution in [2.75, 3.05) is 6.61 Å². The minimum absolute atomic E-state index is 0.0253. The molecule has 1 aromatic heterocycles. The Bertz CT molecular complexity index is 902. The molecule has 0 aliphatic carbocycles. The highest BCUT2D eigenvalue weighted by Gasteiger charge is 2.35. The molecule has 14 heteroatoms. The SMILES string of the molecule is CCOc1c(SC(F)(F)Cl)c(C#N)nn1-c1c(Cl)cc(OC(F)(F)F)cc1Cl. The van der Waals surface area contributed by atoms with Crippen LogP contribution in [0.15, 0.2) is 17.0 Å². The van der Waals surface area contributed by atoms with Crippen molar-refractivity contribution in [2.45, 2.75) is 22.9 Å². The van der Waals surface area contributed by atoms with Crippen molar-refractivity contribution in [1.29, 1.82) is 5.26 Å². The van der Waals surface area contributed by atoms with E-state index in [4.69, 9.17) is 39.5 Å². The van der Waals surface area contributed by atoms with Gasteiger partial charge in [-0.15, -0.1) is 13.2 Å². The van der Waals surface area contributed by atoms with Crippen LogP contribution < -0.4 is 9.47 Å². The Balaban J connectivity index is 2.66. The van der Waals surface area contributed by atoms with Gasteiger partial charge in [0.05, 0.1) is 16.7 Å². The highest BCUT2D eigenvalue weighted by Crippen LogP contribution is 2.47. The fraction of sp³-hybridized carbons (Fsp3) is 0.286. The van der Waals surface area contributed by atoms with Gasteiger partial charge in [-0.05, 0) is 30.3 Å². The van der Waals surface area contributed by atoms with E-state index in [9.17, 15) is 27.2 Å². The predicted molar refractivity (Wildman–Crippen MR) is 92.8 cm³/mol. The van der Waals surface area contributed by atoms with Crippen molar-refractivity contribution in [3.8, 4) is 23.4 Å². The van der Waals surface area contributed by atoms with Crippen molar-refractivity contribution in [1.82, 2.24) is 9.78 Å². The summed E-state index contributed by atoms with van der Waals surface area (Å²) in [5, 5.41) is 12.3. The summed E-state index contributed by atoms with van der Waals surface area (Å²) in [7, 11) is 0. The van der Waals surface area contributed by atoms with Crippen LogP contribution >= 0.6 is 46.6 Å². The Kier molecular flexibility index (Phi) is 6.81. The predicted octanol–water partition coefficient (Wildman–Crippen LogP) is 6.23. The molecule has 0 unspecified atom stereocenters. The van der Waals surface area contributed by atoms with Gasteiger partial charge in [0.25, 0.3) is 0 Å². The van der Waals surface area contributed by atoms with Gasteiger partial charge >= 0.3 is 11.1 Å². The van der Waals surface area contributed by atoms with Gasteiger partial charge in [0.15, 0.2) is 5.69 Å². The maximum Gasteiger partial charge on any atom is 0.573 e. The van der Waals surface area contributed by atoms with Gasteiger partial charge in [-0.3, -0.25) is 0 Å². The molecule has 152 valence electrons. The topological polar surface area (TPSA) is 60.1 Å². The van der Waals surface area contributed by atoms with Gasteiger partial charge in [0.2, 0.25) is 5.88 Å². The molecule has 0 fully saturated rings. The molecule has 1 heterocycles. The molecule has 2 aromatic rings. The van der Waals surface area contributed by atoms with E-state index in [-0.39, 0.29) is 40.0 Å². The van der Waals surface area contributed by atoms with E-state index in [1.165, 1.54) is 6.92 Å². The van der Waals surface area contributed by atoms with Crippen LogP contribution in [0.1, 0.15) is 12.6 Å². The smallest absolute Gasteiger partial charge is 0.477 e. The first-order chi connectivity index (χ1) is 12.9. The van der Waals surface area contributed by atoms with Crippen LogP contribution in [0.4, 0.5) is 22.0 Å². The summed E-state index contributed by atoms with van der Waals surface area (Å²) in [6.07, 6.45) is -4.99. The summed E-state index contributed by atoms with van der Waals surface area (Å²) in [5.74, 6) is -1.04. The van der Waals surface area contributed by atoms with Gasteiger partial charge in [-0.1, -0.05) is 23.2 Å². The number of halogens is 8. The first kappa shape index (κ1) is 22.7. The Morgan fingerprint density at radius 2 is 1.79 bits per heavy atom. The number of nitriles is 1. The average Bonchev–Trinajstić information content (AvgIpc) is 2.81. The molecule has 0 bridgehead atoms. The number of hydrogen-bond donors (Lipinski definition) is 0. The second-order valence-electron chi connectivity index (χ2n) is 4.77. The van der Waals surface area contributed by atoms with E-state index in [1.54, 1.807) is 6.07 Å². The lowest BCUT2D eigenvalue weighted by atomic mass is 10.3. The van der Waals surface area contributed by atoms with Crippen molar-refractivity contribution >= 4 is 46.6 Å². The molecular formula is C14H7Cl3F5N3O2S. The van der Waals surface area contributed by atoms with E-state index >= 15 is 0 Å². The average molecular weight is 483 g/mol. The van der Waals surface area contributed by atoms with Crippen LogP contribution in [-0.2, 0) is 0 Å². The molecule has 0 radical (unpaired) electrons. The molecule has 0 spiro atoms. The third-order valence-corrected chi connectivity index (χ3v) is 4.45. The first-order valence-electron chi connectivity index (χ1n) is 7.03. The minimum atomic E-state index is -4.99. The molecule has 0 aliphatic heterocycles. The summed E-state index contributed by atoms with van der Waals surface area (Å²) in [6.45, 7) is 1.50. The van der Waals surface area contributed by atoms with Crippen LogP contribution in [0.3, 0.4) is 0 Å². The summed E-state index contributed by atoms with van der Waals surface area (Å²) in [5.41, 5.74) is -0.681. The molecule has 28 heavy (non-hydrogen) atoms. The van der Waals surface area contributed by atoms with Crippen LogP contribution in [0.5, 0.6) is 11.6 Å². The number of thioether (sulfide) groups is 1. The lowest BCUT2D eigenvalue weighted by molar-refractivity contribution is -0.274. The lowest BCUT2D eigenvalue weighted by Crippen LogP contribution is -2.17. The van der Waals surface area contributed by atoms with E-state index in [0.29, 0.717) is 0 Å². The minimum Gasteiger partial charge on any atom is -0.477 e. The highest BCUT2D eigenvalue weighted by molar-refractivity contribution is 8.01. The van der Waals surface area contributed by atoms with Gasteiger partial charge in [0.1, 0.15) is 22.4 Å². The number of aromatic nitrogens is 2. The molecule has 0 saturated carbocycles. The number of rotatable bonds is 6. The summed E-state index contributed by atoms with van der Waals surface area (Å²) in [4.78, 5) is -0.396. The van der Waals surface area contributed by atoms with Gasteiger partial charge in [-0.25, -0.2) is 0 Å². The molecule has 5 nitrogen and oxygen atoms in total. The molecule has 0 saturated heterocycles. The van der Waals surface area contributed by atoms with Gasteiger partial charge in [0, 0.05) is 12.1 Å². The van der Waals surface area contributed by atoms with Crippen molar-refractivity contribution < 1.29 is 31.4 Å². The second kappa shape index (κ2) is 8.41. The lowest BCUT2D eigenvalue weighted by Gasteiger charge is -2.15. The van der Waals surface area contributed by atoms with Gasteiger partial charge < -0.3 is 9.47 Å². The quantitative estimate of drug-likeness (QED) is 0.277. The number of ether oxygens (including phenoxy) is 2. The van der Waals surface area contributed by atoms with Crippen LogP contribution in [-0.4, -0.2) is 27.5 Å². The summed E-state index contributed by atoms with van der Waals surface area (Å²) in [6, 6.07) is 3.19. The van der Waals surface area contributed by atoms with Gasteiger partial charge in [-0.2, -0.15) is 23.8 Å². The maximum atomic E-state index is 13.3. The third-order valence-electron chi connectivity index (χ3n) is 2.84.